The molecule has 0 aliphatic carbocycles. The smallest absolute Gasteiger partial charge is 0.408 e. The topological polar surface area (TPSA) is 67.9 Å². The van der Waals surface area contributed by atoms with Crippen LogP contribution < -0.4 is 5.32 Å². The molecule has 0 saturated carbocycles. The van der Waals surface area contributed by atoms with Crippen LogP contribution in [0.15, 0.2) is 0 Å². The number of rotatable bonds is 13. The van der Waals surface area contributed by atoms with Crippen LogP contribution in [0.2, 0.25) is 0 Å². The molecule has 0 aromatic heterocycles. The molecule has 0 radical (unpaired) electrons. The summed E-state index contributed by atoms with van der Waals surface area (Å²) in [5.41, 5.74) is -0.937. The van der Waals surface area contributed by atoms with Gasteiger partial charge in [0.15, 0.2) is 0 Å². The lowest BCUT2D eigenvalue weighted by Gasteiger charge is -2.50. The maximum atomic E-state index is 14.0. The molecular weight excluding hydrogens is 511 g/mol. The minimum atomic E-state index is -0.529. The minimum absolute atomic E-state index is 0.0106. The quantitative estimate of drug-likeness (QED) is 0.220. The normalized spacial score (nSPS) is 14.7. The van der Waals surface area contributed by atoms with Crippen LogP contribution in [0.1, 0.15) is 144 Å². The summed E-state index contributed by atoms with van der Waals surface area (Å²) in [5, 5.41) is 3.25. The number of carbonyl (C=O) groups excluding carboxylic acids is 2. The molecule has 0 bridgehead atoms. The van der Waals surface area contributed by atoms with Gasteiger partial charge in [-0.3, -0.25) is 9.59 Å². The fourth-order valence-electron chi connectivity index (χ4n) is 4.81. The molecule has 0 aliphatic rings. The van der Waals surface area contributed by atoms with Gasteiger partial charge in [-0.2, -0.15) is 0 Å². The lowest BCUT2D eigenvalue weighted by molar-refractivity contribution is -0.142. The summed E-state index contributed by atoms with van der Waals surface area (Å²) in [6, 6.07) is 0. The molecule has 3 atom stereocenters. The van der Waals surface area contributed by atoms with Crippen molar-refractivity contribution < 1.29 is 18.9 Å². The summed E-state index contributed by atoms with van der Waals surface area (Å²) in [7, 11) is 3.12. The molecule has 0 spiro atoms. The molecule has 7 heteroatoms. The molecule has 6 nitrogen and oxygen atoms in total. The molecule has 0 saturated heterocycles. The van der Waals surface area contributed by atoms with Gasteiger partial charge in [-0.1, -0.05) is 96.9 Å². The van der Waals surface area contributed by atoms with Crippen LogP contribution in [0, 0.1) is 33.5 Å². The predicted molar refractivity (Wildman–Crippen MR) is 180 cm³/mol. The molecule has 0 aromatic carbocycles. The first-order chi connectivity index (χ1) is 18.3. The zero-order chi connectivity index (χ0) is 33.7. The number of nitrogens with one attached hydrogen (secondary N) is 1. The standard InChI is InChI=1S/C30H61BN2O4.2C2H6/c1-20(2)36-31(37-21(3)4)22(5)32-25(34)23(18-27(6,7)8)30(14,15)29(12,13)19-24(28(9,10)11)26(35)33(16)17;2*1-2/h20-24H,18-19H2,1-17H3,(H,32,34);2*1-2H3. The van der Waals surface area contributed by atoms with Gasteiger partial charge in [-0.05, 0) is 69.1 Å². The summed E-state index contributed by atoms with van der Waals surface area (Å²) in [6.07, 6.45) is 1.38. The van der Waals surface area contributed by atoms with Crippen molar-refractivity contribution in [2.45, 2.75) is 163 Å². The molecule has 246 valence electrons. The number of nitrogens with zero attached hydrogens (tertiary/aromatic N) is 1. The summed E-state index contributed by atoms with van der Waals surface area (Å²) in [5.74, 6) is -0.579. The number of amides is 2. The molecule has 0 aliphatic heterocycles. The van der Waals surface area contributed by atoms with E-state index in [1.54, 1.807) is 4.90 Å². The van der Waals surface area contributed by atoms with Crippen LogP contribution in [-0.4, -0.2) is 56.1 Å². The van der Waals surface area contributed by atoms with Crippen molar-refractivity contribution in [1.29, 1.82) is 0 Å². The maximum absolute atomic E-state index is 14.0. The third-order valence-corrected chi connectivity index (χ3v) is 7.84. The predicted octanol–water partition coefficient (Wildman–Crippen LogP) is 8.67. The van der Waals surface area contributed by atoms with Gasteiger partial charge in [0.2, 0.25) is 11.8 Å². The summed E-state index contributed by atoms with van der Waals surface area (Å²) in [4.78, 5) is 29.0. The fourth-order valence-corrected chi connectivity index (χ4v) is 4.81. The van der Waals surface area contributed by atoms with Crippen LogP contribution in [0.5, 0.6) is 0 Å². The average molecular weight is 585 g/mol. The van der Waals surface area contributed by atoms with Crippen LogP contribution in [0.3, 0.4) is 0 Å². The third-order valence-electron chi connectivity index (χ3n) is 7.84. The van der Waals surface area contributed by atoms with E-state index in [-0.39, 0.29) is 58.0 Å². The van der Waals surface area contributed by atoms with E-state index in [0.717, 1.165) is 6.42 Å². The van der Waals surface area contributed by atoms with Crippen molar-refractivity contribution in [3.05, 3.63) is 0 Å². The van der Waals surface area contributed by atoms with E-state index in [0.29, 0.717) is 6.42 Å². The van der Waals surface area contributed by atoms with Crippen LogP contribution >= 0.6 is 0 Å². The highest BCUT2D eigenvalue weighted by Gasteiger charge is 2.50. The van der Waals surface area contributed by atoms with Gasteiger partial charge in [-0.15, -0.1) is 0 Å². The van der Waals surface area contributed by atoms with Crippen molar-refractivity contribution in [1.82, 2.24) is 10.2 Å². The molecule has 0 rings (SSSR count). The molecule has 0 aromatic rings. The Morgan fingerprint density at radius 3 is 1.39 bits per heavy atom. The van der Waals surface area contributed by atoms with E-state index >= 15 is 0 Å². The highest BCUT2D eigenvalue weighted by atomic mass is 16.6. The van der Waals surface area contributed by atoms with E-state index in [2.05, 4.69) is 74.6 Å². The van der Waals surface area contributed by atoms with E-state index in [1.807, 2.05) is 76.4 Å². The molecular formula is C34H73BN2O4. The Hall–Kier alpha value is -1.08. The van der Waals surface area contributed by atoms with Crippen molar-refractivity contribution in [2.75, 3.05) is 14.1 Å². The van der Waals surface area contributed by atoms with E-state index < -0.39 is 12.5 Å². The lowest BCUT2D eigenvalue weighted by Crippen LogP contribution is -2.55. The average Bonchev–Trinajstić information content (AvgIpc) is 2.80. The first-order valence-corrected chi connectivity index (χ1v) is 16.2. The first-order valence-electron chi connectivity index (χ1n) is 16.2. The minimum Gasteiger partial charge on any atom is -0.408 e. The van der Waals surface area contributed by atoms with Gasteiger partial charge >= 0.3 is 7.12 Å². The zero-order valence-corrected chi connectivity index (χ0v) is 31.5. The van der Waals surface area contributed by atoms with Gasteiger partial charge in [0, 0.05) is 38.1 Å². The highest BCUT2D eigenvalue weighted by molar-refractivity contribution is 6.46. The van der Waals surface area contributed by atoms with Gasteiger partial charge in [0.25, 0.3) is 0 Å². The van der Waals surface area contributed by atoms with E-state index in [1.165, 1.54) is 0 Å². The van der Waals surface area contributed by atoms with E-state index in [4.69, 9.17) is 9.31 Å². The van der Waals surface area contributed by atoms with E-state index in [9.17, 15) is 9.59 Å². The molecule has 2 amide bonds. The van der Waals surface area contributed by atoms with Crippen molar-refractivity contribution >= 4 is 18.9 Å². The summed E-state index contributed by atoms with van der Waals surface area (Å²) < 4.78 is 12.0. The number of carbonyl (C=O) groups is 2. The van der Waals surface area contributed by atoms with Gasteiger partial charge < -0.3 is 19.5 Å². The summed E-state index contributed by atoms with van der Waals surface area (Å²) in [6.45, 7) is 39.6. The van der Waals surface area contributed by atoms with Crippen molar-refractivity contribution in [3.63, 3.8) is 0 Å². The maximum Gasteiger partial charge on any atom is 0.480 e. The monoisotopic (exact) mass is 585 g/mol. The van der Waals surface area contributed by atoms with Crippen molar-refractivity contribution in [3.8, 4) is 0 Å². The zero-order valence-electron chi connectivity index (χ0n) is 31.5. The van der Waals surface area contributed by atoms with Crippen molar-refractivity contribution in [2.24, 2.45) is 33.5 Å². The largest absolute Gasteiger partial charge is 0.480 e. The second-order valence-electron chi connectivity index (χ2n) is 15.3. The number of hydrogen-bond acceptors (Lipinski definition) is 4. The van der Waals surface area contributed by atoms with Crippen LogP contribution in [-0.2, 0) is 18.9 Å². The Labute approximate surface area is 258 Å². The second kappa shape index (κ2) is 18.6. The second-order valence-corrected chi connectivity index (χ2v) is 15.3. The highest BCUT2D eigenvalue weighted by Crippen LogP contribution is 2.53. The van der Waals surface area contributed by atoms with Gasteiger partial charge in [0.05, 0.1) is 5.94 Å². The molecule has 3 unspecified atom stereocenters. The van der Waals surface area contributed by atoms with Gasteiger partial charge in [-0.25, -0.2) is 0 Å². The Bertz CT molecular complexity index is 724. The number of hydrogen-bond donors (Lipinski definition) is 1. The molecule has 0 fully saturated rings. The van der Waals surface area contributed by atoms with Crippen LogP contribution in [0.25, 0.3) is 0 Å². The molecule has 41 heavy (non-hydrogen) atoms. The Kier molecular flexibility index (Phi) is 20.1. The Morgan fingerprint density at radius 2 is 1.10 bits per heavy atom. The Balaban J connectivity index is -0.00000344. The third kappa shape index (κ3) is 15.8. The van der Waals surface area contributed by atoms with Gasteiger partial charge in [0.1, 0.15) is 0 Å². The fraction of sp³-hybridized carbons (Fsp3) is 0.941. The molecule has 0 heterocycles. The SMILES string of the molecule is CC.CC.CC(C)OB(OC(C)C)C(C)NC(=O)C(CC(C)(C)C)C(C)(C)C(C)(C)CC(C(=O)N(C)C)C(C)(C)C. The van der Waals surface area contributed by atoms with Crippen LogP contribution in [0.4, 0.5) is 0 Å². The summed E-state index contributed by atoms with van der Waals surface area (Å²) >= 11 is 0. The lowest BCUT2D eigenvalue weighted by atomic mass is 9.54. The Morgan fingerprint density at radius 1 is 0.707 bits per heavy atom. The first kappa shape index (κ1) is 44.4. The molecule has 1 N–H and O–H groups in total.